The van der Waals surface area contributed by atoms with Gasteiger partial charge in [0.1, 0.15) is 11.5 Å². The van der Waals surface area contributed by atoms with E-state index in [1.54, 1.807) is 16.9 Å². The number of nitrogens with zero attached hydrogens (tertiary/aromatic N) is 4. The summed E-state index contributed by atoms with van der Waals surface area (Å²) in [5.41, 5.74) is 0.742. The van der Waals surface area contributed by atoms with Crippen LogP contribution in [-0.4, -0.2) is 19.6 Å². The first-order valence-electron chi connectivity index (χ1n) is 3.66. The molecule has 0 aromatic carbocycles. The van der Waals surface area contributed by atoms with Gasteiger partial charge in [-0.2, -0.15) is 0 Å². The lowest BCUT2D eigenvalue weighted by Gasteiger charge is -1.88. The number of hydrogen-bond acceptors (Lipinski definition) is 3. The van der Waals surface area contributed by atoms with E-state index in [4.69, 9.17) is 11.6 Å². The zero-order valence-corrected chi connectivity index (χ0v) is 7.28. The zero-order valence-electron chi connectivity index (χ0n) is 6.53. The van der Waals surface area contributed by atoms with Gasteiger partial charge in [-0.3, -0.25) is 0 Å². The summed E-state index contributed by atoms with van der Waals surface area (Å²) in [7, 11) is 0. The number of fused-ring (bicyclic) bond motifs is 1. The van der Waals surface area contributed by atoms with Crippen LogP contribution < -0.4 is 0 Å². The van der Waals surface area contributed by atoms with E-state index >= 15 is 0 Å². The third-order valence-electron chi connectivity index (χ3n) is 1.56. The van der Waals surface area contributed by atoms with E-state index in [1.807, 2.05) is 6.92 Å². The molecule has 0 amide bonds. The first kappa shape index (κ1) is 7.49. The molecular weight excluding hydrogens is 176 g/mol. The van der Waals surface area contributed by atoms with E-state index in [0.717, 1.165) is 17.9 Å². The molecule has 0 aliphatic carbocycles. The average molecular weight is 183 g/mol. The largest absolute Gasteiger partial charge is 0.224 e. The van der Waals surface area contributed by atoms with Crippen LogP contribution >= 0.6 is 11.6 Å². The van der Waals surface area contributed by atoms with Crippen molar-refractivity contribution in [1.82, 2.24) is 19.6 Å². The molecule has 0 aliphatic heterocycles. The van der Waals surface area contributed by atoms with Gasteiger partial charge in [-0.1, -0.05) is 18.5 Å². The molecule has 0 saturated carbocycles. The van der Waals surface area contributed by atoms with Gasteiger partial charge in [0, 0.05) is 12.5 Å². The van der Waals surface area contributed by atoms with Crippen molar-refractivity contribution in [3.63, 3.8) is 0 Å². The van der Waals surface area contributed by atoms with Gasteiger partial charge in [-0.25, -0.2) is 14.5 Å². The number of aromatic nitrogens is 4. The molecule has 0 bridgehead atoms. The molecule has 0 atom stereocenters. The molecule has 4 nitrogen and oxygen atoms in total. The quantitative estimate of drug-likeness (QED) is 0.626. The van der Waals surface area contributed by atoms with Crippen LogP contribution in [0.5, 0.6) is 0 Å². The lowest BCUT2D eigenvalue weighted by Crippen LogP contribution is -1.89. The molecule has 0 fully saturated rings. The molecule has 62 valence electrons. The fourth-order valence-electron chi connectivity index (χ4n) is 0.968. The van der Waals surface area contributed by atoms with Crippen LogP contribution in [0.25, 0.3) is 5.65 Å². The van der Waals surface area contributed by atoms with E-state index in [9.17, 15) is 0 Å². The van der Waals surface area contributed by atoms with Crippen molar-refractivity contribution >= 4 is 17.2 Å². The molecule has 2 aromatic rings. The predicted molar refractivity (Wildman–Crippen MR) is 45.2 cm³/mol. The number of aryl methyl sites for hydroxylation is 1. The topological polar surface area (TPSA) is 43.1 Å². The van der Waals surface area contributed by atoms with Crippen LogP contribution in [0.1, 0.15) is 12.7 Å². The maximum absolute atomic E-state index is 5.68. The van der Waals surface area contributed by atoms with E-state index < -0.39 is 0 Å². The SMILES string of the molecule is CCc1nc2cc(Cl)ncn2n1. The summed E-state index contributed by atoms with van der Waals surface area (Å²) in [6, 6.07) is 1.69. The Hall–Kier alpha value is -1.16. The normalized spacial score (nSPS) is 10.8. The van der Waals surface area contributed by atoms with Crippen molar-refractivity contribution in [2.75, 3.05) is 0 Å². The van der Waals surface area contributed by atoms with Crippen molar-refractivity contribution in [1.29, 1.82) is 0 Å². The summed E-state index contributed by atoms with van der Waals surface area (Å²) in [6.07, 6.45) is 2.38. The standard InChI is InChI=1S/C7H7ClN4/c1-2-6-10-7-3-5(8)9-4-12(7)11-6/h3-4H,2H2,1H3. The Morgan fingerprint density at radius 3 is 3.17 bits per heavy atom. The Bertz CT molecular complexity index is 409. The monoisotopic (exact) mass is 182 g/mol. The lowest BCUT2D eigenvalue weighted by atomic mass is 10.5. The van der Waals surface area contributed by atoms with Crippen LogP contribution in [0.3, 0.4) is 0 Å². The van der Waals surface area contributed by atoms with Gasteiger partial charge >= 0.3 is 0 Å². The van der Waals surface area contributed by atoms with Gasteiger partial charge in [-0.15, -0.1) is 5.10 Å². The molecule has 0 saturated heterocycles. The molecule has 12 heavy (non-hydrogen) atoms. The molecule has 2 heterocycles. The summed E-state index contributed by atoms with van der Waals surface area (Å²) >= 11 is 5.68. The number of halogens is 1. The summed E-state index contributed by atoms with van der Waals surface area (Å²) in [5, 5.41) is 4.60. The minimum Gasteiger partial charge on any atom is -0.224 e. The van der Waals surface area contributed by atoms with Crippen LogP contribution in [0.2, 0.25) is 5.15 Å². The summed E-state index contributed by atoms with van der Waals surface area (Å²) < 4.78 is 1.62. The van der Waals surface area contributed by atoms with Gasteiger partial charge in [0.15, 0.2) is 11.5 Å². The van der Waals surface area contributed by atoms with Crippen molar-refractivity contribution in [3.05, 3.63) is 23.4 Å². The summed E-state index contributed by atoms with van der Waals surface area (Å²) in [6.45, 7) is 2.00. The highest BCUT2D eigenvalue weighted by atomic mass is 35.5. The van der Waals surface area contributed by atoms with Crippen molar-refractivity contribution < 1.29 is 0 Å². The second-order valence-corrected chi connectivity index (χ2v) is 2.78. The summed E-state index contributed by atoms with van der Waals surface area (Å²) in [5.74, 6) is 0.805. The van der Waals surface area contributed by atoms with Gasteiger partial charge < -0.3 is 0 Å². The third-order valence-corrected chi connectivity index (χ3v) is 1.76. The second kappa shape index (κ2) is 2.71. The minimum atomic E-state index is 0.442. The Kier molecular flexibility index (Phi) is 1.69. The summed E-state index contributed by atoms with van der Waals surface area (Å²) in [4.78, 5) is 8.10. The highest BCUT2D eigenvalue weighted by Crippen LogP contribution is 2.06. The molecule has 0 unspecified atom stereocenters. The Balaban J connectivity index is 2.67. The van der Waals surface area contributed by atoms with Crippen LogP contribution in [0.4, 0.5) is 0 Å². The first-order valence-corrected chi connectivity index (χ1v) is 4.04. The Morgan fingerprint density at radius 2 is 2.42 bits per heavy atom. The highest BCUT2D eigenvalue weighted by molar-refractivity contribution is 6.29. The lowest BCUT2D eigenvalue weighted by molar-refractivity contribution is 0.866. The van der Waals surface area contributed by atoms with Crippen LogP contribution in [0, 0.1) is 0 Å². The minimum absolute atomic E-state index is 0.442. The molecule has 0 N–H and O–H groups in total. The second-order valence-electron chi connectivity index (χ2n) is 2.40. The van der Waals surface area contributed by atoms with E-state index in [2.05, 4.69) is 15.1 Å². The third kappa shape index (κ3) is 1.14. The predicted octanol–water partition coefficient (Wildman–Crippen LogP) is 1.34. The zero-order chi connectivity index (χ0) is 8.55. The molecule has 0 aliphatic rings. The van der Waals surface area contributed by atoms with E-state index in [1.165, 1.54) is 0 Å². The molecular formula is C7H7ClN4. The fourth-order valence-corrected chi connectivity index (χ4v) is 1.11. The Morgan fingerprint density at radius 1 is 1.58 bits per heavy atom. The molecule has 2 rings (SSSR count). The van der Waals surface area contributed by atoms with E-state index in [-0.39, 0.29) is 0 Å². The van der Waals surface area contributed by atoms with Crippen molar-refractivity contribution in [3.8, 4) is 0 Å². The first-order chi connectivity index (χ1) is 5.79. The molecule has 0 spiro atoms. The van der Waals surface area contributed by atoms with Gasteiger partial charge in [0.2, 0.25) is 0 Å². The van der Waals surface area contributed by atoms with Crippen molar-refractivity contribution in [2.24, 2.45) is 0 Å². The van der Waals surface area contributed by atoms with Crippen LogP contribution in [-0.2, 0) is 6.42 Å². The maximum Gasteiger partial charge on any atom is 0.160 e. The van der Waals surface area contributed by atoms with Gasteiger partial charge in [-0.05, 0) is 0 Å². The fraction of sp³-hybridized carbons (Fsp3) is 0.286. The van der Waals surface area contributed by atoms with Gasteiger partial charge in [0.25, 0.3) is 0 Å². The van der Waals surface area contributed by atoms with Crippen LogP contribution in [0.15, 0.2) is 12.4 Å². The smallest absolute Gasteiger partial charge is 0.160 e. The molecule has 2 aromatic heterocycles. The Labute approximate surface area is 74.2 Å². The average Bonchev–Trinajstić information content (AvgIpc) is 2.46. The van der Waals surface area contributed by atoms with Gasteiger partial charge in [0.05, 0.1) is 0 Å². The number of rotatable bonds is 1. The number of hydrogen-bond donors (Lipinski definition) is 0. The van der Waals surface area contributed by atoms with E-state index in [0.29, 0.717) is 5.15 Å². The van der Waals surface area contributed by atoms with Crippen molar-refractivity contribution in [2.45, 2.75) is 13.3 Å². The maximum atomic E-state index is 5.68. The highest BCUT2D eigenvalue weighted by Gasteiger charge is 2.01. The molecule has 0 radical (unpaired) electrons. The molecule has 5 heteroatoms.